The minimum absolute atomic E-state index is 0.148. The Morgan fingerprint density at radius 1 is 0.700 bits per heavy atom. The van der Waals surface area contributed by atoms with E-state index < -0.39 is 47.3 Å². The van der Waals surface area contributed by atoms with Gasteiger partial charge in [-0.25, -0.2) is 22.0 Å². The van der Waals surface area contributed by atoms with Crippen LogP contribution in [0, 0.1) is 42.9 Å². The molecule has 0 aliphatic carbocycles. The van der Waals surface area contributed by atoms with Gasteiger partial charge in [-0.05, 0) is 48.0 Å². The van der Waals surface area contributed by atoms with Crippen molar-refractivity contribution < 1.29 is 22.0 Å². The molecule has 2 aromatic rings. The minimum Gasteiger partial charge on any atom is -0.207 e. The van der Waals surface area contributed by atoms with Crippen LogP contribution in [0.1, 0.15) is 11.1 Å². The Labute approximate surface area is 113 Å². The average molecular weight is 284 g/mol. The van der Waals surface area contributed by atoms with Crippen molar-refractivity contribution in [1.82, 2.24) is 0 Å². The van der Waals surface area contributed by atoms with Crippen molar-refractivity contribution in [2.75, 3.05) is 0 Å². The summed E-state index contributed by atoms with van der Waals surface area (Å²) in [6, 6.07) is 3.03. The monoisotopic (exact) mass is 284 g/mol. The van der Waals surface area contributed by atoms with Crippen molar-refractivity contribution in [1.29, 1.82) is 0 Å². The summed E-state index contributed by atoms with van der Waals surface area (Å²) in [4.78, 5) is 0. The van der Waals surface area contributed by atoms with Crippen LogP contribution in [0.15, 0.2) is 18.2 Å². The third-order valence-electron chi connectivity index (χ3n) is 3.17. The van der Waals surface area contributed by atoms with Crippen molar-refractivity contribution in [2.24, 2.45) is 0 Å². The van der Waals surface area contributed by atoms with Gasteiger partial charge in [0, 0.05) is 0 Å². The average Bonchev–Trinajstić information content (AvgIpc) is 2.40. The normalized spacial score (nSPS) is 10.8. The summed E-state index contributed by atoms with van der Waals surface area (Å²) in [5, 5.41) is 0. The van der Waals surface area contributed by atoms with E-state index in [1.807, 2.05) is 0 Å². The molecule has 0 unspecified atom stereocenters. The van der Waals surface area contributed by atoms with Crippen LogP contribution in [-0.4, -0.2) is 7.28 Å². The largest absolute Gasteiger partial charge is 0.207 e. The molecule has 0 radical (unpaired) electrons. The Kier molecular flexibility index (Phi) is 3.83. The standard InChI is InChI=1S/C14H10BF5/c1-6-3-4-8(16)10(12(6)18)15-11-9(17)5-7(2)13(19)14(11)20/h3-5,15H,1-2H3. The lowest BCUT2D eigenvalue weighted by molar-refractivity contribution is 0.497. The lowest BCUT2D eigenvalue weighted by Crippen LogP contribution is -2.37. The minimum atomic E-state index is -1.41. The second-order valence-electron chi connectivity index (χ2n) is 4.62. The van der Waals surface area contributed by atoms with E-state index in [2.05, 4.69) is 0 Å². The zero-order valence-electron chi connectivity index (χ0n) is 10.8. The zero-order valence-corrected chi connectivity index (χ0v) is 10.8. The molecule has 0 amide bonds. The van der Waals surface area contributed by atoms with Gasteiger partial charge in [-0.3, -0.25) is 0 Å². The predicted molar refractivity (Wildman–Crippen MR) is 68.6 cm³/mol. The number of hydrogen-bond donors (Lipinski definition) is 0. The first-order chi connectivity index (χ1) is 9.32. The molecule has 0 nitrogen and oxygen atoms in total. The van der Waals surface area contributed by atoms with Gasteiger partial charge in [0.25, 0.3) is 0 Å². The topological polar surface area (TPSA) is 0 Å². The van der Waals surface area contributed by atoms with E-state index in [-0.39, 0.29) is 11.1 Å². The maximum absolute atomic E-state index is 13.8. The number of benzene rings is 2. The van der Waals surface area contributed by atoms with E-state index in [9.17, 15) is 22.0 Å². The van der Waals surface area contributed by atoms with E-state index >= 15 is 0 Å². The van der Waals surface area contributed by atoms with Gasteiger partial charge in [-0.15, -0.1) is 0 Å². The molecular weight excluding hydrogens is 274 g/mol. The molecule has 0 bridgehead atoms. The predicted octanol–water partition coefficient (Wildman–Crippen LogP) is 2.39. The molecule has 2 rings (SSSR count). The molecule has 0 heterocycles. The summed E-state index contributed by atoms with van der Waals surface area (Å²) in [5.74, 6) is -5.46. The van der Waals surface area contributed by atoms with Crippen molar-refractivity contribution in [3.05, 3.63) is 58.4 Å². The fourth-order valence-electron chi connectivity index (χ4n) is 1.97. The SMILES string of the molecule is Cc1cc(F)c(Bc2c(F)ccc(C)c2F)c(F)c1F. The van der Waals surface area contributed by atoms with Crippen LogP contribution < -0.4 is 10.9 Å². The third kappa shape index (κ3) is 2.42. The van der Waals surface area contributed by atoms with Crippen LogP contribution in [0.2, 0.25) is 0 Å². The van der Waals surface area contributed by atoms with Gasteiger partial charge in [-0.2, -0.15) is 0 Å². The van der Waals surface area contributed by atoms with Crippen molar-refractivity contribution in [3.8, 4) is 0 Å². The fraction of sp³-hybridized carbons (Fsp3) is 0.143. The summed E-state index contributed by atoms with van der Waals surface area (Å²) in [6.45, 7) is 2.61. The molecule has 0 saturated carbocycles. The van der Waals surface area contributed by atoms with E-state index in [0.717, 1.165) is 12.1 Å². The summed E-state index contributed by atoms with van der Waals surface area (Å²) in [5.41, 5.74) is -1.22. The molecule has 2 aromatic carbocycles. The fourth-order valence-corrected chi connectivity index (χ4v) is 1.97. The summed E-state index contributed by atoms with van der Waals surface area (Å²) < 4.78 is 68.2. The molecule has 0 spiro atoms. The summed E-state index contributed by atoms with van der Waals surface area (Å²) in [7, 11) is -0.686. The lowest BCUT2D eigenvalue weighted by Gasteiger charge is -2.10. The summed E-state index contributed by atoms with van der Waals surface area (Å²) in [6.07, 6.45) is 0. The Hall–Kier alpha value is -1.85. The number of hydrogen-bond acceptors (Lipinski definition) is 0. The summed E-state index contributed by atoms with van der Waals surface area (Å²) >= 11 is 0. The molecule has 0 fully saturated rings. The van der Waals surface area contributed by atoms with Crippen LogP contribution >= 0.6 is 0 Å². The van der Waals surface area contributed by atoms with Crippen molar-refractivity contribution >= 4 is 18.2 Å². The second-order valence-corrected chi connectivity index (χ2v) is 4.62. The smallest absolute Gasteiger partial charge is 0.207 e. The van der Waals surface area contributed by atoms with Gasteiger partial charge >= 0.3 is 0 Å². The first kappa shape index (κ1) is 14.6. The van der Waals surface area contributed by atoms with Gasteiger partial charge < -0.3 is 0 Å². The van der Waals surface area contributed by atoms with E-state index in [1.165, 1.54) is 19.9 Å². The highest BCUT2D eigenvalue weighted by Crippen LogP contribution is 2.12. The van der Waals surface area contributed by atoms with Crippen LogP contribution in [0.3, 0.4) is 0 Å². The van der Waals surface area contributed by atoms with Crippen LogP contribution in [-0.2, 0) is 0 Å². The van der Waals surface area contributed by atoms with E-state index in [0.29, 0.717) is 0 Å². The number of aryl methyl sites for hydroxylation is 2. The third-order valence-corrected chi connectivity index (χ3v) is 3.17. The second kappa shape index (κ2) is 5.27. The molecule has 0 saturated heterocycles. The number of halogens is 5. The first-order valence-electron chi connectivity index (χ1n) is 5.89. The highest BCUT2D eigenvalue weighted by molar-refractivity contribution is 6.67. The lowest BCUT2D eigenvalue weighted by atomic mass is 9.62. The molecular formula is C14H10BF5. The highest BCUT2D eigenvalue weighted by Gasteiger charge is 2.22. The van der Waals surface area contributed by atoms with Crippen molar-refractivity contribution in [2.45, 2.75) is 13.8 Å². The molecule has 104 valence electrons. The Morgan fingerprint density at radius 3 is 1.95 bits per heavy atom. The molecule has 20 heavy (non-hydrogen) atoms. The molecule has 0 aromatic heterocycles. The van der Waals surface area contributed by atoms with Crippen LogP contribution in [0.5, 0.6) is 0 Å². The first-order valence-corrected chi connectivity index (χ1v) is 5.89. The van der Waals surface area contributed by atoms with E-state index in [4.69, 9.17) is 0 Å². The van der Waals surface area contributed by atoms with Crippen molar-refractivity contribution in [3.63, 3.8) is 0 Å². The molecule has 0 aliphatic rings. The quantitative estimate of drug-likeness (QED) is 0.451. The van der Waals surface area contributed by atoms with Gasteiger partial charge in [0.1, 0.15) is 17.5 Å². The van der Waals surface area contributed by atoms with Gasteiger partial charge in [0.2, 0.25) is 7.28 Å². The highest BCUT2D eigenvalue weighted by atomic mass is 19.2. The zero-order chi connectivity index (χ0) is 15.0. The Balaban J connectivity index is 2.57. The maximum Gasteiger partial charge on any atom is 0.207 e. The van der Waals surface area contributed by atoms with Gasteiger partial charge in [-0.1, -0.05) is 6.07 Å². The van der Waals surface area contributed by atoms with Crippen LogP contribution in [0.4, 0.5) is 22.0 Å². The Morgan fingerprint density at radius 2 is 1.30 bits per heavy atom. The molecule has 0 atom stereocenters. The molecule has 6 heteroatoms. The van der Waals surface area contributed by atoms with Gasteiger partial charge in [0.05, 0.1) is 0 Å². The molecule has 0 aliphatic heterocycles. The maximum atomic E-state index is 13.8. The van der Waals surface area contributed by atoms with Gasteiger partial charge in [0.15, 0.2) is 11.6 Å². The number of rotatable bonds is 2. The molecule has 0 N–H and O–H groups in total. The Bertz CT molecular complexity index is 682. The van der Waals surface area contributed by atoms with Crippen LogP contribution in [0.25, 0.3) is 0 Å². The van der Waals surface area contributed by atoms with E-state index in [1.54, 1.807) is 0 Å².